The number of benzene rings is 3. The highest BCUT2D eigenvalue weighted by Gasteiger charge is 2.42. The summed E-state index contributed by atoms with van der Waals surface area (Å²) in [5.41, 5.74) is 11.5. The number of hydrogen-bond donors (Lipinski definition) is 0. The lowest BCUT2D eigenvalue weighted by molar-refractivity contribution is 0.326. The topological polar surface area (TPSA) is 12.9 Å². The Morgan fingerprint density at radius 2 is 1.38 bits per heavy atom. The van der Waals surface area contributed by atoms with Crippen molar-refractivity contribution in [1.29, 1.82) is 0 Å². The largest absolute Gasteiger partial charge is 0.256 e. The summed E-state index contributed by atoms with van der Waals surface area (Å²) in [5, 5.41) is 2.68. The summed E-state index contributed by atoms with van der Waals surface area (Å²) in [6.45, 7) is 4.30. The number of pyridine rings is 1. The number of aromatic nitrogens is 1. The first kappa shape index (κ1) is 17.0. The fourth-order valence-corrected chi connectivity index (χ4v) is 5.63. The van der Waals surface area contributed by atoms with Crippen molar-refractivity contribution >= 4 is 10.8 Å². The van der Waals surface area contributed by atoms with Gasteiger partial charge in [0.2, 0.25) is 0 Å². The molecular formula is C28H25N. The van der Waals surface area contributed by atoms with Crippen LogP contribution in [-0.2, 0) is 25.7 Å². The summed E-state index contributed by atoms with van der Waals surface area (Å²) in [5.74, 6) is 0. The van der Waals surface area contributed by atoms with Crippen molar-refractivity contribution in [2.45, 2.75) is 39.5 Å². The van der Waals surface area contributed by atoms with Crippen LogP contribution in [0, 0.1) is 19.3 Å². The molecule has 142 valence electrons. The fourth-order valence-electron chi connectivity index (χ4n) is 5.63. The third-order valence-corrected chi connectivity index (χ3v) is 7.23. The van der Waals surface area contributed by atoms with Gasteiger partial charge in [-0.2, -0.15) is 0 Å². The molecule has 1 aromatic heterocycles. The van der Waals surface area contributed by atoms with Crippen LogP contribution < -0.4 is 0 Å². The molecule has 0 saturated heterocycles. The van der Waals surface area contributed by atoms with Crippen LogP contribution >= 0.6 is 0 Å². The minimum absolute atomic E-state index is 0.391. The predicted molar refractivity (Wildman–Crippen MR) is 120 cm³/mol. The van der Waals surface area contributed by atoms with Crippen LogP contribution in [0.15, 0.2) is 66.9 Å². The maximum Gasteiger partial charge on any atom is 0.0711 e. The van der Waals surface area contributed by atoms with Gasteiger partial charge in [-0.15, -0.1) is 0 Å². The molecule has 0 aliphatic heterocycles. The van der Waals surface area contributed by atoms with E-state index < -0.39 is 0 Å². The molecule has 0 radical (unpaired) electrons. The molecule has 2 aliphatic carbocycles. The summed E-state index contributed by atoms with van der Waals surface area (Å²) in [7, 11) is 0. The molecule has 1 nitrogen and oxygen atoms in total. The van der Waals surface area contributed by atoms with Gasteiger partial charge < -0.3 is 0 Å². The van der Waals surface area contributed by atoms with E-state index in [2.05, 4.69) is 74.5 Å². The SMILES string of the molecule is Cc1cnc(-c2cccc3cc4c(cc23)CC2(Cc3ccccc3C2)C4)cc1C. The maximum absolute atomic E-state index is 4.75. The average Bonchev–Trinajstić information content (AvgIpc) is 3.25. The van der Waals surface area contributed by atoms with Crippen molar-refractivity contribution < 1.29 is 0 Å². The van der Waals surface area contributed by atoms with E-state index in [4.69, 9.17) is 4.98 Å². The molecule has 0 fully saturated rings. The quantitative estimate of drug-likeness (QED) is 0.375. The second kappa shape index (κ2) is 6.03. The predicted octanol–water partition coefficient (Wildman–Crippen LogP) is 6.40. The second-order valence-corrected chi connectivity index (χ2v) is 9.28. The summed E-state index contributed by atoms with van der Waals surface area (Å²) in [6.07, 6.45) is 6.85. The number of nitrogens with zero attached hydrogens (tertiary/aromatic N) is 1. The molecule has 1 spiro atoms. The Bertz CT molecular complexity index is 1260. The van der Waals surface area contributed by atoms with Crippen LogP contribution in [0.25, 0.3) is 22.0 Å². The van der Waals surface area contributed by atoms with Crippen LogP contribution in [0.1, 0.15) is 33.4 Å². The van der Waals surface area contributed by atoms with Crippen molar-refractivity contribution in [2.24, 2.45) is 5.41 Å². The van der Waals surface area contributed by atoms with Crippen LogP contribution in [0.5, 0.6) is 0 Å². The van der Waals surface area contributed by atoms with E-state index in [0.717, 1.165) is 5.69 Å². The van der Waals surface area contributed by atoms with Crippen molar-refractivity contribution in [1.82, 2.24) is 4.98 Å². The summed E-state index contributed by atoms with van der Waals surface area (Å²) >= 11 is 0. The Kier molecular flexibility index (Phi) is 3.53. The smallest absolute Gasteiger partial charge is 0.0711 e. The molecule has 0 bridgehead atoms. The molecule has 0 unspecified atom stereocenters. The molecular weight excluding hydrogens is 350 g/mol. The van der Waals surface area contributed by atoms with Gasteiger partial charge in [0.15, 0.2) is 0 Å². The molecule has 6 rings (SSSR count). The highest BCUT2D eigenvalue weighted by Crippen LogP contribution is 2.48. The number of hydrogen-bond acceptors (Lipinski definition) is 1. The van der Waals surface area contributed by atoms with Gasteiger partial charge in [0.05, 0.1) is 5.69 Å². The first-order chi connectivity index (χ1) is 14.1. The molecule has 3 aromatic carbocycles. The van der Waals surface area contributed by atoms with Crippen LogP contribution in [0.2, 0.25) is 0 Å². The van der Waals surface area contributed by atoms with E-state index in [1.54, 1.807) is 22.3 Å². The highest BCUT2D eigenvalue weighted by molar-refractivity contribution is 5.97. The zero-order chi connectivity index (χ0) is 19.6. The van der Waals surface area contributed by atoms with Crippen LogP contribution in [-0.4, -0.2) is 4.98 Å². The monoisotopic (exact) mass is 375 g/mol. The average molecular weight is 376 g/mol. The van der Waals surface area contributed by atoms with Crippen molar-refractivity contribution in [3.05, 3.63) is 100 Å². The first-order valence-electron chi connectivity index (χ1n) is 10.7. The van der Waals surface area contributed by atoms with Gasteiger partial charge in [0, 0.05) is 11.8 Å². The van der Waals surface area contributed by atoms with Gasteiger partial charge in [-0.1, -0.05) is 54.6 Å². The highest BCUT2D eigenvalue weighted by atomic mass is 14.7. The molecule has 0 N–H and O–H groups in total. The Morgan fingerprint density at radius 3 is 2.10 bits per heavy atom. The normalized spacial score (nSPS) is 16.3. The van der Waals surface area contributed by atoms with Crippen LogP contribution in [0.3, 0.4) is 0 Å². The van der Waals surface area contributed by atoms with Crippen molar-refractivity contribution in [3.63, 3.8) is 0 Å². The Morgan fingerprint density at radius 1 is 0.690 bits per heavy atom. The van der Waals surface area contributed by atoms with Gasteiger partial charge in [-0.25, -0.2) is 0 Å². The second-order valence-electron chi connectivity index (χ2n) is 9.28. The first-order valence-corrected chi connectivity index (χ1v) is 10.7. The lowest BCUT2D eigenvalue weighted by atomic mass is 9.82. The third kappa shape index (κ3) is 2.64. The van der Waals surface area contributed by atoms with E-state index in [0.29, 0.717) is 5.41 Å². The number of fused-ring (bicyclic) bond motifs is 3. The maximum atomic E-state index is 4.75. The summed E-state index contributed by atoms with van der Waals surface area (Å²) < 4.78 is 0. The molecule has 1 heterocycles. The fraction of sp³-hybridized carbons (Fsp3) is 0.250. The molecule has 0 atom stereocenters. The van der Waals surface area contributed by atoms with E-state index >= 15 is 0 Å². The van der Waals surface area contributed by atoms with Gasteiger partial charge in [-0.05, 0) is 95.2 Å². The molecule has 4 aromatic rings. The van der Waals surface area contributed by atoms with Gasteiger partial charge in [0.25, 0.3) is 0 Å². The van der Waals surface area contributed by atoms with E-state index in [-0.39, 0.29) is 0 Å². The third-order valence-electron chi connectivity index (χ3n) is 7.23. The molecule has 1 heteroatoms. The molecule has 2 aliphatic rings. The van der Waals surface area contributed by atoms with E-state index in [9.17, 15) is 0 Å². The van der Waals surface area contributed by atoms with E-state index in [1.807, 2.05) is 6.20 Å². The van der Waals surface area contributed by atoms with Crippen LogP contribution in [0.4, 0.5) is 0 Å². The Labute approximate surface area is 172 Å². The zero-order valence-electron chi connectivity index (χ0n) is 17.1. The number of rotatable bonds is 1. The summed E-state index contributed by atoms with van der Waals surface area (Å²) in [6, 6.07) is 22.8. The lowest BCUT2D eigenvalue weighted by Gasteiger charge is -2.21. The zero-order valence-corrected chi connectivity index (χ0v) is 17.1. The Hall–Kier alpha value is -2.93. The standard InChI is InChI=1S/C28H25N/c1-18-10-27(29-17-19(18)2)25-9-5-8-20-11-23-15-28(16-24(23)12-26(20)25)13-21-6-3-4-7-22(21)14-28/h3-12,17H,13-16H2,1-2H3. The van der Waals surface area contributed by atoms with E-state index in [1.165, 1.54) is 53.1 Å². The Balaban J connectivity index is 1.44. The molecule has 0 saturated carbocycles. The number of aryl methyl sites for hydroxylation is 2. The van der Waals surface area contributed by atoms with Crippen molar-refractivity contribution in [3.8, 4) is 11.3 Å². The molecule has 0 amide bonds. The van der Waals surface area contributed by atoms with Gasteiger partial charge in [0.1, 0.15) is 0 Å². The van der Waals surface area contributed by atoms with Crippen molar-refractivity contribution in [2.75, 3.05) is 0 Å². The minimum atomic E-state index is 0.391. The van der Waals surface area contributed by atoms with Gasteiger partial charge in [-0.3, -0.25) is 4.98 Å². The lowest BCUT2D eigenvalue weighted by Crippen LogP contribution is -2.21. The van der Waals surface area contributed by atoms with Gasteiger partial charge >= 0.3 is 0 Å². The molecule has 29 heavy (non-hydrogen) atoms. The summed E-state index contributed by atoms with van der Waals surface area (Å²) in [4.78, 5) is 4.75. The minimum Gasteiger partial charge on any atom is -0.256 e.